The summed E-state index contributed by atoms with van der Waals surface area (Å²) in [5, 5.41) is 0. The van der Waals surface area contributed by atoms with E-state index in [-0.39, 0.29) is 7.43 Å². The summed E-state index contributed by atoms with van der Waals surface area (Å²) >= 11 is 0. The lowest BCUT2D eigenvalue weighted by atomic mass is 10.2. The molecule has 0 aromatic rings. The van der Waals surface area contributed by atoms with Gasteiger partial charge in [-0.25, -0.2) is 0 Å². The van der Waals surface area contributed by atoms with Crippen LogP contribution in [0.1, 0.15) is 53.9 Å². The van der Waals surface area contributed by atoms with Crippen LogP contribution in [-0.2, 0) is 0 Å². The smallest absolute Gasteiger partial charge is 0.00189 e. The van der Waals surface area contributed by atoms with Crippen molar-refractivity contribution < 1.29 is 0 Å². The van der Waals surface area contributed by atoms with Gasteiger partial charge in [0.05, 0.1) is 0 Å². The molecule has 12 heavy (non-hydrogen) atoms. The molecule has 1 rings (SSSR count). The Morgan fingerprint density at radius 1 is 0.917 bits per heavy atom. The third-order valence-electron chi connectivity index (χ3n) is 2.15. The number of hydrogen-bond donors (Lipinski definition) is 0. The van der Waals surface area contributed by atoms with Crippen molar-refractivity contribution in [1.29, 1.82) is 0 Å². The minimum absolute atomic E-state index is 0. The maximum absolute atomic E-state index is 2.55. The molecule has 0 unspecified atom stereocenters. The quantitative estimate of drug-likeness (QED) is 0.586. The Morgan fingerprint density at radius 2 is 1.33 bits per heavy atom. The minimum atomic E-state index is 0. The molecular weight excluding hydrogens is 146 g/mol. The van der Waals surface area contributed by atoms with Gasteiger partial charge in [-0.15, -0.1) is 0 Å². The van der Waals surface area contributed by atoms with Crippen LogP contribution in [-0.4, -0.2) is 24.5 Å². The van der Waals surface area contributed by atoms with Gasteiger partial charge in [-0.3, -0.25) is 0 Å². The molecule has 1 fully saturated rings. The van der Waals surface area contributed by atoms with E-state index in [0.29, 0.717) is 0 Å². The molecule has 76 valence electrons. The molecule has 1 saturated heterocycles. The Labute approximate surface area is 79.2 Å². The SMILES string of the molecule is C.CC.CCN1CCCCCC1. The first-order valence-electron chi connectivity index (χ1n) is 5.16. The van der Waals surface area contributed by atoms with Crippen LogP contribution < -0.4 is 0 Å². The summed E-state index contributed by atoms with van der Waals surface area (Å²) in [7, 11) is 0. The van der Waals surface area contributed by atoms with E-state index >= 15 is 0 Å². The maximum atomic E-state index is 2.55. The molecule has 0 atom stereocenters. The Morgan fingerprint density at radius 3 is 1.67 bits per heavy atom. The van der Waals surface area contributed by atoms with E-state index in [2.05, 4.69) is 11.8 Å². The molecule has 0 amide bonds. The van der Waals surface area contributed by atoms with E-state index in [1.165, 1.54) is 45.3 Å². The van der Waals surface area contributed by atoms with Crippen molar-refractivity contribution in [2.75, 3.05) is 19.6 Å². The van der Waals surface area contributed by atoms with Gasteiger partial charge in [0.15, 0.2) is 0 Å². The van der Waals surface area contributed by atoms with Gasteiger partial charge in [0, 0.05) is 0 Å². The molecule has 0 N–H and O–H groups in total. The highest BCUT2D eigenvalue weighted by Crippen LogP contribution is 2.08. The summed E-state index contributed by atoms with van der Waals surface area (Å²) in [6.45, 7) is 10.2. The van der Waals surface area contributed by atoms with Crippen LogP contribution in [0.15, 0.2) is 0 Å². The van der Waals surface area contributed by atoms with E-state index < -0.39 is 0 Å². The van der Waals surface area contributed by atoms with Crippen LogP contribution in [0.5, 0.6) is 0 Å². The molecule has 1 heterocycles. The van der Waals surface area contributed by atoms with Gasteiger partial charge in [0.25, 0.3) is 0 Å². The normalized spacial score (nSPS) is 18.2. The van der Waals surface area contributed by atoms with Crippen LogP contribution >= 0.6 is 0 Å². The van der Waals surface area contributed by atoms with Crippen molar-refractivity contribution in [3.05, 3.63) is 0 Å². The Kier molecular flexibility index (Phi) is 13.2. The van der Waals surface area contributed by atoms with Crippen molar-refractivity contribution in [1.82, 2.24) is 4.90 Å². The second kappa shape index (κ2) is 11.0. The minimum Gasteiger partial charge on any atom is -0.304 e. The molecule has 0 aliphatic carbocycles. The highest BCUT2D eigenvalue weighted by atomic mass is 15.1. The standard InChI is InChI=1S/C8H17N.C2H6.CH4/c1-2-9-7-5-3-4-6-8-9;1-2;/h2-8H2,1H3;1-2H3;1H4. The van der Waals surface area contributed by atoms with Crippen LogP contribution in [0.25, 0.3) is 0 Å². The van der Waals surface area contributed by atoms with Crippen molar-refractivity contribution >= 4 is 0 Å². The average Bonchev–Trinajstić information content (AvgIpc) is 2.35. The summed E-state index contributed by atoms with van der Waals surface area (Å²) in [6.07, 6.45) is 5.76. The maximum Gasteiger partial charge on any atom is -0.00189 e. The van der Waals surface area contributed by atoms with Crippen LogP contribution in [0.4, 0.5) is 0 Å². The van der Waals surface area contributed by atoms with Crippen molar-refractivity contribution in [2.24, 2.45) is 0 Å². The third-order valence-corrected chi connectivity index (χ3v) is 2.15. The van der Waals surface area contributed by atoms with Gasteiger partial charge in [-0.1, -0.05) is 41.0 Å². The summed E-state index contributed by atoms with van der Waals surface area (Å²) in [5.41, 5.74) is 0. The number of likely N-dealkylation sites (tertiary alicyclic amines) is 1. The monoisotopic (exact) mass is 173 g/mol. The zero-order valence-electron chi connectivity index (χ0n) is 8.40. The second-order valence-electron chi connectivity index (χ2n) is 2.85. The zero-order chi connectivity index (χ0) is 8.53. The molecule has 0 aromatic carbocycles. The molecule has 1 heteroatoms. The molecule has 0 aromatic heterocycles. The van der Waals surface area contributed by atoms with Gasteiger partial charge in [0.1, 0.15) is 0 Å². The largest absolute Gasteiger partial charge is 0.304 e. The fourth-order valence-corrected chi connectivity index (χ4v) is 1.45. The van der Waals surface area contributed by atoms with Crippen molar-refractivity contribution in [2.45, 2.75) is 53.9 Å². The fraction of sp³-hybridized carbons (Fsp3) is 1.00. The lowest BCUT2D eigenvalue weighted by Gasteiger charge is -2.15. The van der Waals surface area contributed by atoms with E-state index in [4.69, 9.17) is 0 Å². The molecule has 1 aliphatic heterocycles. The summed E-state index contributed by atoms with van der Waals surface area (Å²) in [4.78, 5) is 2.55. The average molecular weight is 173 g/mol. The van der Waals surface area contributed by atoms with E-state index in [0.717, 1.165) is 0 Å². The Bertz CT molecular complexity index is 63.4. The lowest BCUT2D eigenvalue weighted by Crippen LogP contribution is -2.23. The van der Waals surface area contributed by atoms with Gasteiger partial charge in [-0.2, -0.15) is 0 Å². The van der Waals surface area contributed by atoms with E-state index in [9.17, 15) is 0 Å². The molecular formula is C11H27N. The number of rotatable bonds is 1. The summed E-state index contributed by atoms with van der Waals surface area (Å²) in [5.74, 6) is 0. The predicted octanol–water partition coefficient (Wildman–Crippen LogP) is 3.54. The molecule has 1 nitrogen and oxygen atoms in total. The molecule has 0 saturated carbocycles. The first-order valence-corrected chi connectivity index (χ1v) is 5.16. The lowest BCUT2D eigenvalue weighted by molar-refractivity contribution is 0.301. The van der Waals surface area contributed by atoms with Crippen LogP contribution in [0, 0.1) is 0 Å². The number of hydrogen-bond acceptors (Lipinski definition) is 1. The highest BCUT2D eigenvalue weighted by molar-refractivity contribution is 4.60. The van der Waals surface area contributed by atoms with Crippen molar-refractivity contribution in [3.63, 3.8) is 0 Å². The highest BCUT2D eigenvalue weighted by Gasteiger charge is 2.04. The topological polar surface area (TPSA) is 3.24 Å². The Hall–Kier alpha value is -0.0400. The second-order valence-corrected chi connectivity index (χ2v) is 2.85. The van der Waals surface area contributed by atoms with Crippen LogP contribution in [0.2, 0.25) is 0 Å². The zero-order valence-corrected chi connectivity index (χ0v) is 8.40. The molecule has 0 spiro atoms. The van der Waals surface area contributed by atoms with Crippen molar-refractivity contribution in [3.8, 4) is 0 Å². The predicted molar refractivity (Wildman–Crippen MR) is 58.7 cm³/mol. The fourth-order valence-electron chi connectivity index (χ4n) is 1.45. The molecule has 0 bridgehead atoms. The third kappa shape index (κ3) is 6.66. The molecule has 0 radical (unpaired) electrons. The van der Waals surface area contributed by atoms with Crippen LogP contribution in [0.3, 0.4) is 0 Å². The van der Waals surface area contributed by atoms with Gasteiger partial charge < -0.3 is 4.90 Å². The van der Waals surface area contributed by atoms with Gasteiger partial charge in [-0.05, 0) is 32.5 Å². The first kappa shape index (κ1) is 14.5. The van der Waals surface area contributed by atoms with Gasteiger partial charge >= 0.3 is 0 Å². The summed E-state index contributed by atoms with van der Waals surface area (Å²) < 4.78 is 0. The van der Waals surface area contributed by atoms with E-state index in [1.807, 2.05) is 13.8 Å². The summed E-state index contributed by atoms with van der Waals surface area (Å²) in [6, 6.07) is 0. The van der Waals surface area contributed by atoms with E-state index in [1.54, 1.807) is 0 Å². The van der Waals surface area contributed by atoms with Gasteiger partial charge in [0.2, 0.25) is 0 Å². The first-order chi connectivity index (χ1) is 5.43. The number of nitrogens with zero attached hydrogens (tertiary/aromatic N) is 1. The Balaban J connectivity index is 0. The molecule has 1 aliphatic rings.